The Hall–Kier alpha value is -5.64. The van der Waals surface area contributed by atoms with Crippen molar-refractivity contribution in [3.63, 3.8) is 0 Å². The number of aromatic amines is 2. The van der Waals surface area contributed by atoms with Crippen LogP contribution in [0, 0.1) is 0 Å². The number of nitrogens with one attached hydrogen (secondary N) is 2. The van der Waals surface area contributed by atoms with Gasteiger partial charge >= 0.3 is 0 Å². The van der Waals surface area contributed by atoms with Gasteiger partial charge in [0.05, 0.1) is 60.3 Å². The number of carbonyl (C=O) groups excluding carboxylic acids is 1. The average molecular weight is 783 g/mol. The molecule has 58 heavy (non-hydrogen) atoms. The first-order valence-corrected chi connectivity index (χ1v) is 20.9. The van der Waals surface area contributed by atoms with Crippen LogP contribution in [0.15, 0.2) is 115 Å². The zero-order valence-electron chi connectivity index (χ0n) is 35.1. The van der Waals surface area contributed by atoms with Crippen LogP contribution in [-0.2, 0) is 4.79 Å². The second kappa shape index (κ2) is 22.9. The minimum atomic E-state index is -1.08. The number of benzene rings is 4. The summed E-state index contributed by atoms with van der Waals surface area (Å²) in [6.07, 6.45) is 11.1. The molecule has 0 radical (unpaired) electrons. The SMILES string of the molecule is CC(=O)[O-].CCCC[N+](CCCC)(CCCC)CCCC.O.c1cc(-c2cc(-c3ccc4ccccc4c3)n[nH]2)nc(-c2cc(-c3ccc4ccccc4c3)n[nH]2)c1. The number of unbranched alkanes of at least 4 members (excludes halogenated alkanes) is 4. The van der Waals surface area contributed by atoms with E-state index in [1.54, 1.807) is 0 Å². The second-order valence-corrected chi connectivity index (χ2v) is 15.0. The molecule has 9 nitrogen and oxygen atoms in total. The molecule has 7 aromatic rings. The van der Waals surface area contributed by atoms with Crippen LogP contribution in [0.2, 0.25) is 0 Å². The van der Waals surface area contributed by atoms with Gasteiger partial charge in [-0.05, 0) is 90.6 Å². The van der Waals surface area contributed by atoms with Gasteiger partial charge in [0.1, 0.15) is 0 Å². The van der Waals surface area contributed by atoms with Crippen LogP contribution in [0.25, 0.3) is 66.8 Å². The van der Waals surface area contributed by atoms with Crippen LogP contribution in [0.4, 0.5) is 0 Å². The van der Waals surface area contributed by atoms with E-state index in [1.807, 2.05) is 30.3 Å². The molecular formula is C49H62N6O3. The first kappa shape index (κ1) is 45.1. The fraction of sp³-hybridized carbons (Fsp3) is 0.347. The Morgan fingerprint density at radius 2 is 0.879 bits per heavy atom. The molecule has 3 heterocycles. The van der Waals surface area contributed by atoms with Crippen molar-refractivity contribution in [3.05, 3.63) is 115 Å². The molecule has 0 spiro atoms. The number of quaternary nitrogens is 1. The lowest BCUT2D eigenvalue weighted by Gasteiger charge is -2.39. The minimum Gasteiger partial charge on any atom is -0.550 e. The van der Waals surface area contributed by atoms with Gasteiger partial charge in [0.15, 0.2) is 0 Å². The predicted octanol–water partition coefficient (Wildman–Crippen LogP) is 10.4. The molecule has 7 rings (SSSR count). The van der Waals surface area contributed by atoms with Crippen molar-refractivity contribution in [3.8, 4) is 45.3 Å². The van der Waals surface area contributed by atoms with E-state index in [1.165, 1.54) is 104 Å². The largest absolute Gasteiger partial charge is 0.550 e. The molecule has 306 valence electrons. The van der Waals surface area contributed by atoms with Crippen LogP contribution in [0.5, 0.6) is 0 Å². The maximum Gasteiger partial charge on any atom is 0.0928 e. The smallest absolute Gasteiger partial charge is 0.0928 e. The Kier molecular flexibility index (Phi) is 17.8. The third kappa shape index (κ3) is 12.7. The second-order valence-electron chi connectivity index (χ2n) is 15.0. The Bertz CT molecular complexity index is 2120. The van der Waals surface area contributed by atoms with Crippen LogP contribution >= 0.6 is 0 Å². The summed E-state index contributed by atoms with van der Waals surface area (Å²) in [6.45, 7) is 16.0. The predicted molar refractivity (Wildman–Crippen MR) is 239 cm³/mol. The van der Waals surface area contributed by atoms with E-state index < -0.39 is 5.97 Å². The quantitative estimate of drug-likeness (QED) is 0.0939. The summed E-state index contributed by atoms with van der Waals surface area (Å²) < 4.78 is 1.42. The molecule has 0 bridgehead atoms. The Balaban J connectivity index is 0.000000287. The molecule has 0 aliphatic rings. The lowest BCUT2D eigenvalue weighted by atomic mass is 10.0. The molecule has 0 aliphatic carbocycles. The molecule has 4 N–H and O–H groups in total. The lowest BCUT2D eigenvalue weighted by Crippen LogP contribution is -2.50. The zero-order chi connectivity index (χ0) is 40.5. The van der Waals surface area contributed by atoms with Crippen molar-refractivity contribution in [2.45, 2.75) is 86.0 Å². The third-order valence-electron chi connectivity index (χ3n) is 10.5. The monoisotopic (exact) mass is 782 g/mol. The molecule has 0 saturated carbocycles. The number of carboxylic acid groups (broad SMARTS) is 1. The van der Waals surface area contributed by atoms with Gasteiger partial charge in [-0.1, -0.05) is 132 Å². The van der Waals surface area contributed by atoms with Crippen LogP contribution in [-0.4, -0.2) is 67.5 Å². The van der Waals surface area contributed by atoms with E-state index in [0.29, 0.717) is 0 Å². The number of carbonyl (C=O) groups is 1. The zero-order valence-corrected chi connectivity index (χ0v) is 35.1. The van der Waals surface area contributed by atoms with Crippen molar-refractivity contribution in [2.75, 3.05) is 26.2 Å². The molecule has 4 aromatic carbocycles. The maximum atomic E-state index is 8.89. The van der Waals surface area contributed by atoms with Crippen LogP contribution in [0.1, 0.15) is 86.0 Å². The molecule has 0 amide bonds. The van der Waals surface area contributed by atoms with Gasteiger partial charge in [-0.15, -0.1) is 0 Å². The topological polar surface area (TPSA) is 142 Å². The fourth-order valence-corrected chi connectivity index (χ4v) is 7.28. The number of carboxylic acids is 1. The van der Waals surface area contributed by atoms with E-state index in [4.69, 9.17) is 14.9 Å². The van der Waals surface area contributed by atoms with Crippen molar-refractivity contribution < 1.29 is 19.9 Å². The molecule has 0 aliphatic heterocycles. The summed E-state index contributed by atoms with van der Waals surface area (Å²) in [6, 6.07) is 39.5. The highest BCUT2D eigenvalue weighted by Crippen LogP contribution is 2.29. The van der Waals surface area contributed by atoms with Crippen LogP contribution in [0.3, 0.4) is 0 Å². The molecule has 9 heteroatoms. The van der Waals surface area contributed by atoms with Crippen molar-refractivity contribution in [2.24, 2.45) is 0 Å². The number of nitrogens with zero attached hydrogens (tertiary/aromatic N) is 4. The Morgan fingerprint density at radius 1 is 0.517 bits per heavy atom. The van der Waals surface area contributed by atoms with E-state index in [0.717, 1.165) is 52.2 Å². The summed E-state index contributed by atoms with van der Waals surface area (Å²) in [5.74, 6) is -1.08. The summed E-state index contributed by atoms with van der Waals surface area (Å²) in [7, 11) is 0. The highest BCUT2D eigenvalue weighted by molar-refractivity contribution is 5.88. The standard InChI is InChI=1S/C31H21N5.C16H36N.C2H4O2.H2O/c1-3-8-22-16-24(14-12-20(22)6-1)28-18-30(35-33-28)26-10-5-11-27(32-26)31-19-29(34-36-31)25-15-13-21-7-2-4-9-23(21)17-25;1-5-9-13-17(14-10-6-2,15-11-7-3)16-12-8-4;1-2(3)4;/h1-19H,(H,33,35)(H,34,36);5-16H2,1-4H3;1H3,(H,3,4);1H2/q;+1;;/p-1. The van der Waals surface area contributed by atoms with Crippen molar-refractivity contribution in [1.29, 1.82) is 0 Å². The highest BCUT2D eigenvalue weighted by Gasteiger charge is 2.24. The average Bonchev–Trinajstić information content (AvgIpc) is 3.95. The van der Waals surface area contributed by atoms with Gasteiger partial charge < -0.3 is 19.9 Å². The highest BCUT2D eigenvalue weighted by atomic mass is 16.4. The molecular weight excluding hydrogens is 721 g/mol. The normalized spacial score (nSPS) is 11.0. The van der Waals surface area contributed by atoms with Crippen molar-refractivity contribution >= 4 is 27.5 Å². The minimum absolute atomic E-state index is 0. The molecule has 0 fully saturated rings. The number of rotatable bonds is 16. The molecule has 0 saturated heterocycles. The first-order chi connectivity index (χ1) is 27.8. The number of aliphatic carboxylic acids is 1. The van der Waals surface area contributed by atoms with Gasteiger partial charge in [0.25, 0.3) is 0 Å². The Labute approximate surface area is 344 Å². The van der Waals surface area contributed by atoms with Gasteiger partial charge in [-0.3, -0.25) is 10.2 Å². The maximum absolute atomic E-state index is 8.89. The number of hydrogen-bond acceptors (Lipinski definition) is 5. The third-order valence-corrected chi connectivity index (χ3v) is 10.5. The fourth-order valence-electron chi connectivity index (χ4n) is 7.28. The summed E-state index contributed by atoms with van der Waals surface area (Å²) >= 11 is 0. The van der Waals surface area contributed by atoms with E-state index >= 15 is 0 Å². The summed E-state index contributed by atoms with van der Waals surface area (Å²) in [5.41, 5.74) is 7.32. The summed E-state index contributed by atoms with van der Waals surface area (Å²) in [4.78, 5) is 13.8. The van der Waals surface area contributed by atoms with Gasteiger partial charge in [0, 0.05) is 17.1 Å². The van der Waals surface area contributed by atoms with E-state index in [2.05, 4.69) is 133 Å². The lowest BCUT2D eigenvalue weighted by molar-refractivity contribution is -0.929. The van der Waals surface area contributed by atoms with Crippen LogP contribution < -0.4 is 5.11 Å². The van der Waals surface area contributed by atoms with E-state index in [9.17, 15) is 0 Å². The number of aromatic nitrogens is 5. The van der Waals surface area contributed by atoms with Gasteiger partial charge in [0.2, 0.25) is 0 Å². The molecule has 0 atom stereocenters. The Morgan fingerprint density at radius 3 is 1.24 bits per heavy atom. The van der Waals surface area contributed by atoms with E-state index in [-0.39, 0.29) is 5.48 Å². The first-order valence-electron chi connectivity index (χ1n) is 20.9. The number of pyridine rings is 1. The number of hydrogen-bond donors (Lipinski definition) is 2. The van der Waals surface area contributed by atoms with Gasteiger partial charge in [-0.2, -0.15) is 10.2 Å². The molecule has 0 unspecified atom stereocenters. The van der Waals surface area contributed by atoms with Gasteiger partial charge in [-0.25, -0.2) is 4.98 Å². The summed E-state index contributed by atoms with van der Waals surface area (Å²) in [5, 5.41) is 29.1. The number of H-pyrrole nitrogens is 2. The number of fused-ring (bicyclic) bond motifs is 2. The van der Waals surface area contributed by atoms with Crippen molar-refractivity contribution in [1.82, 2.24) is 25.4 Å². The molecule has 3 aromatic heterocycles.